The van der Waals surface area contributed by atoms with E-state index in [9.17, 15) is 5.11 Å². The minimum Gasteiger partial charge on any atom is -0.384 e. The Bertz CT molecular complexity index is 361. The lowest BCUT2D eigenvalue weighted by Gasteiger charge is -2.20. The monoisotopic (exact) mass is 223 g/mol. The van der Waals surface area contributed by atoms with Crippen molar-refractivity contribution in [2.24, 2.45) is 0 Å². The predicted octanol–water partition coefficient (Wildman–Crippen LogP) is 1.57. The standard InChI is InChI=1S/C12H17NO3/c1-8-4-5-9(13-6-8)11(14)10-7-15-12(2,3)16-10/h4-6,10-11,14H,7H2,1-3H3/t10-,11?/m1/s1. The van der Waals surface area contributed by atoms with Gasteiger partial charge in [-0.1, -0.05) is 6.07 Å². The SMILES string of the molecule is Cc1ccc(C(O)[C@H]2COC(C)(C)O2)nc1. The number of pyridine rings is 1. The van der Waals surface area contributed by atoms with Crippen LogP contribution in [0.5, 0.6) is 0 Å². The molecule has 2 heterocycles. The van der Waals surface area contributed by atoms with Gasteiger partial charge >= 0.3 is 0 Å². The van der Waals surface area contributed by atoms with Crippen LogP contribution in [0.3, 0.4) is 0 Å². The van der Waals surface area contributed by atoms with Gasteiger partial charge in [-0.25, -0.2) is 0 Å². The van der Waals surface area contributed by atoms with Gasteiger partial charge in [-0.3, -0.25) is 4.98 Å². The lowest BCUT2D eigenvalue weighted by atomic mass is 10.1. The van der Waals surface area contributed by atoms with Gasteiger partial charge in [-0.15, -0.1) is 0 Å². The number of aliphatic hydroxyl groups is 1. The molecule has 0 bridgehead atoms. The zero-order valence-electron chi connectivity index (χ0n) is 9.80. The summed E-state index contributed by atoms with van der Waals surface area (Å²) in [4.78, 5) is 4.18. The maximum Gasteiger partial charge on any atom is 0.163 e. The van der Waals surface area contributed by atoms with Crippen molar-refractivity contribution in [2.45, 2.75) is 38.8 Å². The first kappa shape index (κ1) is 11.5. The summed E-state index contributed by atoms with van der Waals surface area (Å²) in [5.74, 6) is -0.615. The molecule has 4 nitrogen and oxygen atoms in total. The normalized spacial score (nSPS) is 25.6. The summed E-state index contributed by atoms with van der Waals surface area (Å²) in [5, 5.41) is 10.1. The van der Waals surface area contributed by atoms with E-state index >= 15 is 0 Å². The number of rotatable bonds is 2. The molecule has 0 amide bonds. The van der Waals surface area contributed by atoms with Crippen molar-refractivity contribution in [3.05, 3.63) is 29.6 Å². The number of aliphatic hydroxyl groups excluding tert-OH is 1. The summed E-state index contributed by atoms with van der Waals surface area (Å²) >= 11 is 0. The molecular weight excluding hydrogens is 206 g/mol. The van der Waals surface area contributed by atoms with Crippen LogP contribution in [0, 0.1) is 6.92 Å². The molecule has 2 atom stereocenters. The maximum atomic E-state index is 10.1. The van der Waals surface area contributed by atoms with Gasteiger partial charge in [0.2, 0.25) is 0 Å². The van der Waals surface area contributed by atoms with Crippen LogP contribution in [-0.2, 0) is 9.47 Å². The molecule has 1 N–H and O–H groups in total. The van der Waals surface area contributed by atoms with Gasteiger partial charge in [0, 0.05) is 6.20 Å². The fourth-order valence-corrected chi connectivity index (χ4v) is 1.72. The minimum absolute atomic E-state index is 0.342. The Morgan fingerprint density at radius 1 is 1.50 bits per heavy atom. The number of aromatic nitrogens is 1. The van der Waals surface area contributed by atoms with E-state index in [1.165, 1.54) is 0 Å². The van der Waals surface area contributed by atoms with E-state index in [-0.39, 0.29) is 6.10 Å². The highest BCUT2D eigenvalue weighted by atomic mass is 16.7. The molecule has 0 aromatic carbocycles. The molecule has 16 heavy (non-hydrogen) atoms. The number of hydrogen-bond donors (Lipinski definition) is 1. The molecule has 1 unspecified atom stereocenters. The highest BCUT2D eigenvalue weighted by Gasteiger charge is 2.37. The van der Waals surface area contributed by atoms with Crippen molar-refractivity contribution in [3.63, 3.8) is 0 Å². The van der Waals surface area contributed by atoms with Crippen LogP contribution in [0.1, 0.15) is 31.2 Å². The van der Waals surface area contributed by atoms with E-state index in [2.05, 4.69) is 4.98 Å². The molecule has 1 aromatic heterocycles. The quantitative estimate of drug-likeness (QED) is 0.827. The zero-order chi connectivity index (χ0) is 11.8. The summed E-state index contributed by atoms with van der Waals surface area (Å²) in [5.41, 5.74) is 1.69. The maximum absolute atomic E-state index is 10.1. The summed E-state index contributed by atoms with van der Waals surface area (Å²) < 4.78 is 11.0. The van der Waals surface area contributed by atoms with Gasteiger partial charge < -0.3 is 14.6 Å². The summed E-state index contributed by atoms with van der Waals surface area (Å²) in [6, 6.07) is 3.74. The van der Waals surface area contributed by atoms with Crippen LogP contribution < -0.4 is 0 Å². The second-order valence-corrected chi connectivity index (χ2v) is 4.57. The zero-order valence-corrected chi connectivity index (χ0v) is 9.80. The van der Waals surface area contributed by atoms with Crippen molar-refractivity contribution >= 4 is 0 Å². The molecule has 88 valence electrons. The van der Waals surface area contributed by atoms with Crippen LogP contribution >= 0.6 is 0 Å². The first-order chi connectivity index (χ1) is 7.48. The van der Waals surface area contributed by atoms with Crippen LogP contribution in [0.2, 0.25) is 0 Å². The van der Waals surface area contributed by atoms with E-state index in [1.54, 1.807) is 6.20 Å². The number of aryl methyl sites for hydroxylation is 1. The van der Waals surface area contributed by atoms with Crippen molar-refractivity contribution < 1.29 is 14.6 Å². The fraction of sp³-hybridized carbons (Fsp3) is 0.583. The molecule has 1 aliphatic heterocycles. The van der Waals surface area contributed by atoms with E-state index in [0.29, 0.717) is 12.3 Å². The summed E-state index contributed by atoms with van der Waals surface area (Å²) in [6.45, 7) is 6.02. The van der Waals surface area contributed by atoms with Crippen molar-refractivity contribution in [3.8, 4) is 0 Å². The molecule has 2 rings (SSSR count). The Hall–Kier alpha value is -0.970. The van der Waals surface area contributed by atoms with Gasteiger partial charge in [0.15, 0.2) is 5.79 Å². The smallest absolute Gasteiger partial charge is 0.163 e. The van der Waals surface area contributed by atoms with Gasteiger partial charge in [0.1, 0.15) is 12.2 Å². The van der Waals surface area contributed by atoms with Crippen LogP contribution in [0.15, 0.2) is 18.3 Å². The molecular formula is C12H17NO3. The van der Waals surface area contributed by atoms with E-state index < -0.39 is 11.9 Å². The lowest BCUT2D eigenvalue weighted by Crippen LogP contribution is -2.25. The van der Waals surface area contributed by atoms with Crippen LogP contribution in [-0.4, -0.2) is 28.6 Å². The van der Waals surface area contributed by atoms with Gasteiger partial charge in [0.05, 0.1) is 12.3 Å². The molecule has 0 aliphatic carbocycles. The highest BCUT2D eigenvalue weighted by Crippen LogP contribution is 2.29. The van der Waals surface area contributed by atoms with Crippen molar-refractivity contribution in [2.75, 3.05) is 6.61 Å². The number of nitrogens with zero attached hydrogens (tertiary/aromatic N) is 1. The molecule has 1 fully saturated rings. The van der Waals surface area contributed by atoms with Crippen LogP contribution in [0.25, 0.3) is 0 Å². The summed E-state index contributed by atoms with van der Waals surface area (Å²) in [7, 11) is 0. The molecule has 4 heteroatoms. The average Bonchev–Trinajstić information content (AvgIpc) is 2.59. The third kappa shape index (κ3) is 2.40. The first-order valence-electron chi connectivity index (χ1n) is 5.40. The Labute approximate surface area is 95.2 Å². The molecule has 0 radical (unpaired) electrons. The Kier molecular flexibility index (Phi) is 2.97. The molecule has 1 saturated heterocycles. The molecule has 1 aromatic rings. The molecule has 1 aliphatic rings. The molecule has 0 spiro atoms. The third-order valence-corrected chi connectivity index (χ3v) is 2.62. The van der Waals surface area contributed by atoms with E-state index in [4.69, 9.17) is 9.47 Å². The Morgan fingerprint density at radius 2 is 2.25 bits per heavy atom. The van der Waals surface area contributed by atoms with Gasteiger partial charge in [-0.2, -0.15) is 0 Å². The predicted molar refractivity (Wildman–Crippen MR) is 58.8 cm³/mol. The molecule has 0 saturated carbocycles. The van der Waals surface area contributed by atoms with Crippen LogP contribution in [0.4, 0.5) is 0 Å². The topological polar surface area (TPSA) is 51.6 Å². The highest BCUT2D eigenvalue weighted by molar-refractivity contribution is 5.15. The minimum atomic E-state index is -0.734. The average molecular weight is 223 g/mol. The second kappa shape index (κ2) is 4.13. The number of hydrogen-bond acceptors (Lipinski definition) is 4. The van der Waals surface area contributed by atoms with Crippen molar-refractivity contribution in [1.82, 2.24) is 4.98 Å². The number of ether oxygens (including phenoxy) is 2. The lowest BCUT2D eigenvalue weighted by molar-refractivity contribution is -0.151. The van der Waals surface area contributed by atoms with E-state index in [0.717, 1.165) is 5.56 Å². The first-order valence-corrected chi connectivity index (χ1v) is 5.40. The summed E-state index contributed by atoms with van der Waals surface area (Å²) in [6.07, 6.45) is 0.659. The largest absolute Gasteiger partial charge is 0.384 e. The Morgan fingerprint density at radius 3 is 2.75 bits per heavy atom. The van der Waals surface area contributed by atoms with Crippen molar-refractivity contribution in [1.29, 1.82) is 0 Å². The Balaban J connectivity index is 2.08. The van der Waals surface area contributed by atoms with E-state index in [1.807, 2.05) is 32.9 Å². The fourth-order valence-electron chi connectivity index (χ4n) is 1.72. The van der Waals surface area contributed by atoms with Gasteiger partial charge in [-0.05, 0) is 32.4 Å². The van der Waals surface area contributed by atoms with Gasteiger partial charge in [0.25, 0.3) is 0 Å². The third-order valence-electron chi connectivity index (χ3n) is 2.62. The second-order valence-electron chi connectivity index (χ2n) is 4.57.